The first kappa shape index (κ1) is 28.1. The van der Waals surface area contributed by atoms with Gasteiger partial charge in [0.1, 0.15) is 5.75 Å². The molecule has 0 bridgehead atoms. The Morgan fingerprint density at radius 3 is 1.85 bits per heavy atom. The lowest BCUT2D eigenvalue weighted by Crippen LogP contribution is -2.24. The lowest BCUT2D eigenvalue weighted by molar-refractivity contribution is 0.256. The number of pyridine rings is 1. The van der Waals surface area contributed by atoms with E-state index in [1.165, 1.54) is 44.9 Å². The molecule has 34 heavy (non-hydrogen) atoms. The highest BCUT2D eigenvalue weighted by molar-refractivity contribution is 5.89. The highest BCUT2D eigenvalue weighted by Crippen LogP contribution is 2.35. The van der Waals surface area contributed by atoms with Gasteiger partial charge in [0.2, 0.25) is 5.75 Å². The second-order valence-electron chi connectivity index (χ2n) is 9.40. The summed E-state index contributed by atoms with van der Waals surface area (Å²) >= 11 is 0. The maximum atomic E-state index is 13.6. The molecule has 0 saturated carbocycles. The van der Waals surface area contributed by atoms with Crippen molar-refractivity contribution in [3.05, 3.63) is 28.6 Å². The summed E-state index contributed by atoms with van der Waals surface area (Å²) < 4.78 is 14.1. The monoisotopic (exact) mass is 473 g/mol. The average molecular weight is 474 g/mol. The maximum Gasteiger partial charge on any atom is 0.297 e. The number of nitrogens with zero attached hydrogens (tertiary/aromatic N) is 1. The van der Waals surface area contributed by atoms with Crippen LogP contribution in [0.15, 0.2) is 23.0 Å². The summed E-state index contributed by atoms with van der Waals surface area (Å²) in [5.41, 5.74) is 0.575. The van der Waals surface area contributed by atoms with E-state index >= 15 is 0 Å². The molecule has 0 saturated heterocycles. The lowest BCUT2D eigenvalue weighted by Gasteiger charge is -2.19. The Morgan fingerprint density at radius 1 is 0.706 bits per heavy atom. The number of aryl methyl sites for hydroxylation is 1. The molecule has 5 heteroatoms. The van der Waals surface area contributed by atoms with Crippen LogP contribution in [0.3, 0.4) is 0 Å². The Hall–Kier alpha value is -2.17. The Morgan fingerprint density at radius 2 is 1.24 bits per heavy atom. The first-order chi connectivity index (χ1) is 16.6. The first-order valence-electron chi connectivity index (χ1n) is 13.8. The molecule has 0 unspecified atom stereocenters. The van der Waals surface area contributed by atoms with E-state index in [9.17, 15) is 9.90 Å². The second kappa shape index (κ2) is 16.5. The van der Waals surface area contributed by atoms with Gasteiger partial charge in [-0.1, -0.05) is 91.4 Å². The van der Waals surface area contributed by atoms with Gasteiger partial charge in [-0.05, 0) is 31.4 Å². The third-order valence-electron chi connectivity index (χ3n) is 6.39. The van der Waals surface area contributed by atoms with E-state index in [0.717, 1.165) is 55.8 Å². The summed E-state index contributed by atoms with van der Waals surface area (Å²) in [7, 11) is 0. The second-order valence-corrected chi connectivity index (χ2v) is 9.40. The number of hydrogen-bond donors (Lipinski definition) is 1. The van der Waals surface area contributed by atoms with E-state index in [-0.39, 0.29) is 11.3 Å². The van der Waals surface area contributed by atoms with Gasteiger partial charge in [-0.25, -0.2) is 0 Å². The number of aromatic hydroxyl groups is 1. The zero-order valence-corrected chi connectivity index (χ0v) is 21.9. The number of phenolic OH excluding ortho intramolecular Hbond substituents is 1. The Bertz CT molecular complexity index is 890. The Balaban J connectivity index is 2.31. The number of ether oxygens (including phenoxy) is 2. The highest BCUT2D eigenvalue weighted by atomic mass is 16.5. The van der Waals surface area contributed by atoms with Gasteiger partial charge in [-0.2, -0.15) is 0 Å². The zero-order chi connectivity index (χ0) is 24.6. The largest absolute Gasteiger partial charge is 0.508 e. The molecule has 0 aliphatic heterocycles. The summed E-state index contributed by atoms with van der Waals surface area (Å²) in [6.07, 6.45) is 15.7. The lowest BCUT2D eigenvalue weighted by atomic mass is 10.1. The molecule has 1 aromatic heterocycles. The number of unbranched alkanes of at least 4 members (excludes halogenated alkanes) is 11. The summed E-state index contributed by atoms with van der Waals surface area (Å²) in [6.45, 7) is 8.29. The fraction of sp³-hybridized carbons (Fsp3) is 0.690. The molecule has 5 nitrogen and oxygen atoms in total. The number of hydrogen-bond acceptors (Lipinski definition) is 4. The van der Waals surface area contributed by atoms with E-state index in [1.807, 2.05) is 6.07 Å². The van der Waals surface area contributed by atoms with Gasteiger partial charge >= 0.3 is 0 Å². The van der Waals surface area contributed by atoms with Crippen molar-refractivity contribution in [2.24, 2.45) is 0 Å². The molecule has 1 heterocycles. The number of aromatic nitrogens is 1. The minimum Gasteiger partial charge on any atom is -0.508 e. The predicted octanol–water partition coefficient (Wildman–Crippen LogP) is 7.99. The van der Waals surface area contributed by atoms with Crippen molar-refractivity contribution in [3.63, 3.8) is 0 Å². The minimum atomic E-state index is -0.147. The van der Waals surface area contributed by atoms with Gasteiger partial charge in [-0.15, -0.1) is 0 Å². The third kappa shape index (κ3) is 8.88. The molecule has 0 atom stereocenters. The summed E-state index contributed by atoms with van der Waals surface area (Å²) in [5.74, 6) is 1.02. The fourth-order valence-corrected chi connectivity index (χ4v) is 4.34. The molecule has 1 aromatic carbocycles. The quantitative estimate of drug-likeness (QED) is 0.210. The van der Waals surface area contributed by atoms with Crippen molar-refractivity contribution in [2.45, 2.75) is 117 Å². The van der Waals surface area contributed by atoms with E-state index < -0.39 is 0 Å². The molecule has 0 fully saturated rings. The number of rotatable bonds is 19. The standard InChI is InChI=1S/C29H47NO4/c1-4-7-10-13-14-15-20-30-26-23-24(31)18-19-25(26)27(33-21-16-11-8-5-2)28(29(30)32)34-22-17-12-9-6-3/h18-19,23,31H,4-17,20-22H2,1-3H3. The van der Waals surface area contributed by atoms with Crippen LogP contribution in [0.4, 0.5) is 0 Å². The predicted molar refractivity (Wildman–Crippen MR) is 143 cm³/mol. The van der Waals surface area contributed by atoms with Crippen molar-refractivity contribution in [1.29, 1.82) is 0 Å². The molecule has 0 radical (unpaired) electrons. The minimum absolute atomic E-state index is 0.147. The number of fused-ring (bicyclic) bond motifs is 1. The molecule has 0 aliphatic carbocycles. The SMILES string of the molecule is CCCCCCCCn1c(=O)c(OCCCCCC)c(OCCCCCC)c2ccc(O)cc21. The summed E-state index contributed by atoms with van der Waals surface area (Å²) in [4.78, 5) is 13.6. The fourth-order valence-electron chi connectivity index (χ4n) is 4.34. The van der Waals surface area contributed by atoms with Gasteiger partial charge < -0.3 is 19.1 Å². The first-order valence-corrected chi connectivity index (χ1v) is 13.8. The van der Waals surface area contributed by atoms with Gasteiger partial charge in [0.15, 0.2) is 5.75 Å². The van der Waals surface area contributed by atoms with E-state index in [1.54, 1.807) is 16.7 Å². The van der Waals surface area contributed by atoms with Crippen molar-refractivity contribution < 1.29 is 14.6 Å². The van der Waals surface area contributed by atoms with Gasteiger partial charge in [0, 0.05) is 18.0 Å². The highest BCUT2D eigenvalue weighted by Gasteiger charge is 2.20. The van der Waals surface area contributed by atoms with Crippen LogP contribution < -0.4 is 15.0 Å². The van der Waals surface area contributed by atoms with E-state index in [4.69, 9.17) is 9.47 Å². The van der Waals surface area contributed by atoms with Crippen LogP contribution in [-0.4, -0.2) is 22.9 Å². The molecular formula is C29H47NO4. The molecule has 192 valence electrons. The van der Waals surface area contributed by atoms with Crippen molar-refractivity contribution in [1.82, 2.24) is 4.57 Å². The summed E-state index contributed by atoms with van der Waals surface area (Å²) in [6, 6.07) is 5.20. The smallest absolute Gasteiger partial charge is 0.297 e. The van der Waals surface area contributed by atoms with E-state index in [0.29, 0.717) is 31.3 Å². The van der Waals surface area contributed by atoms with Crippen molar-refractivity contribution in [2.75, 3.05) is 13.2 Å². The van der Waals surface area contributed by atoms with Gasteiger partial charge in [0.05, 0.1) is 18.7 Å². The van der Waals surface area contributed by atoms with Crippen LogP contribution in [0.5, 0.6) is 17.2 Å². The van der Waals surface area contributed by atoms with Crippen LogP contribution >= 0.6 is 0 Å². The van der Waals surface area contributed by atoms with Gasteiger partial charge in [0.25, 0.3) is 5.56 Å². The van der Waals surface area contributed by atoms with Crippen LogP contribution in [0.25, 0.3) is 10.9 Å². The van der Waals surface area contributed by atoms with Crippen LogP contribution in [0.1, 0.15) is 111 Å². The van der Waals surface area contributed by atoms with Crippen molar-refractivity contribution >= 4 is 10.9 Å². The number of benzene rings is 1. The third-order valence-corrected chi connectivity index (χ3v) is 6.39. The maximum absolute atomic E-state index is 13.6. The van der Waals surface area contributed by atoms with Crippen LogP contribution in [-0.2, 0) is 6.54 Å². The molecule has 0 spiro atoms. The van der Waals surface area contributed by atoms with Gasteiger partial charge in [-0.3, -0.25) is 4.79 Å². The summed E-state index contributed by atoms with van der Waals surface area (Å²) in [5, 5.41) is 11.0. The van der Waals surface area contributed by atoms with Crippen LogP contribution in [0.2, 0.25) is 0 Å². The topological polar surface area (TPSA) is 60.7 Å². The Kier molecular flexibility index (Phi) is 13.6. The normalized spacial score (nSPS) is 11.3. The molecule has 0 aliphatic rings. The molecule has 2 rings (SSSR count). The molecule has 0 amide bonds. The van der Waals surface area contributed by atoms with Crippen molar-refractivity contribution in [3.8, 4) is 17.2 Å². The van der Waals surface area contributed by atoms with E-state index in [2.05, 4.69) is 20.8 Å². The van der Waals surface area contributed by atoms with Crippen LogP contribution in [0, 0.1) is 0 Å². The number of phenols is 1. The molecule has 2 aromatic rings. The molecular weight excluding hydrogens is 426 g/mol. The average Bonchev–Trinajstić information content (AvgIpc) is 2.83. The zero-order valence-electron chi connectivity index (χ0n) is 21.9. The Labute approximate surface area is 206 Å². The molecule has 1 N–H and O–H groups in total.